The first kappa shape index (κ1) is 22.4. The van der Waals surface area contributed by atoms with E-state index in [-0.39, 0.29) is 16.9 Å². The van der Waals surface area contributed by atoms with Crippen LogP contribution in [0.25, 0.3) is 0 Å². The van der Waals surface area contributed by atoms with Crippen LogP contribution in [-0.2, 0) is 9.30 Å². The van der Waals surface area contributed by atoms with Crippen LogP contribution < -0.4 is 10.6 Å². The maximum atomic E-state index is 14.4. The van der Waals surface area contributed by atoms with E-state index in [1.54, 1.807) is 6.07 Å². The maximum absolute atomic E-state index is 14.4. The first-order chi connectivity index (χ1) is 14.9. The lowest BCUT2D eigenvalue weighted by molar-refractivity contribution is -0.0747. The summed E-state index contributed by atoms with van der Waals surface area (Å²) in [5, 5.41) is 23.6. The summed E-state index contributed by atoms with van der Waals surface area (Å²) in [6, 6.07) is 21.6. The zero-order chi connectivity index (χ0) is 22.0. The molecule has 0 radical (unpaired) electrons. The Morgan fingerprint density at radius 2 is 1.48 bits per heavy atom. The van der Waals surface area contributed by atoms with Crippen molar-refractivity contribution in [1.82, 2.24) is 0 Å². The van der Waals surface area contributed by atoms with Gasteiger partial charge < -0.3 is 19.5 Å². The maximum Gasteiger partial charge on any atom is 0.145 e. The third-order valence-corrected chi connectivity index (χ3v) is 9.67. The standard InChI is InChI=1S/C24H23Cl2O4P/c25-20-13-19(22(27)14-21(20)26)18-11-12-30-23(24(18)28)15-31(29,16-7-3-1-4-8-16)17-9-5-2-6-10-17/h1-10,13-14,18,23-24,27-28H,11-12,15H2/t18-,23+,24-/m0/s1. The molecule has 1 saturated heterocycles. The van der Waals surface area contributed by atoms with Crippen LogP contribution in [-0.4, -0.2) is 35.2 Å². The second-order valence-corrected chi connectivity index (χ2v) is 11.4. The summed E-state index contributed by atoms with van der Waals surface area (Å²) in [5.41, 5.74) is 0.518. The molecule has 0 saturated carbocycles. The molecule has 0 aliphatic carbocycles. The van der Waals surface area contributed by atoms with Gasteiger partial charge in [0.25, 0.3) is 0 Å². The summed E-state index contributed by atoms with van der Waals surface area (Å²) in [5.74, 6) is -0.429. The molecule has 2 N–H and O–H groups in total. The highest BCUT2D eigenvalue weighted by molar-refractivity contribution is 7.78. The number of hydrogen-bond acceptors (Lipinski definition) is 4. The number of halogens is 2. The van der Waals surface area contributed by atoms with Gasteiger partial charge in [0.05, 0.1) is 22.3 Å². The number of aliphatic hydroxyl groups excluding tert-OH is 1. The van der Waals surface area contributed by atoms with Gasteiger partial charge in [0, 0.05) is 40.9 Å². The second kappa shape index (κ2) is 9.36. The Labute approximate surface area is 191 Å². The van der Waals surface area contributed by atoms with Crippen molar-refractivity contribution < 1.29 is 19.5 Å². The Morgan fingerprint density at radius 3 is 2.06 bits per heavy atom. The van der Waals surface area contributed by atoms with Gasteiger partial charge in [0.2, 0.25) is 0 Å². The highest BCUT2D eigenvalue weighted by atomic mass is 35.5. The Balaban J connectivity index is 1.68. The molecular weight excluding hydrogens is 454 g/mol. The molecule has 1 heterocycles. The van der Waals surface area contributed by atoms with Gasteiger partial charge in [-0.15, -0.1) is 0 Å². The van der Waals surface area contributed by atoms with E-state index in [2.05, 4.69) is 0 Å². The smallest absolute Gasteiger partial charge is 0.145 e. The average Bonchev–Trinajstić information content (AvgIpc) is 2.79. The lowest BCUT2D eigenvalue weighted by atomic mass is 9.86. The molecule has 7 heteroatoms. The Morgan fingerprint density at radius 1 is 0.935 bits per heavy atom. The van der Waals surface area contributed by atoms with E-state index in [4.69, 9.17) is 27.9 Å². The minimum atomic E-state index is -3.07. The number of benzene rings is 3. The summed E-state index contributed by atoms with van der Waals surface area (Å²) < 4.78 is 20.3. The van der Waals surface area contributed by atoms with Crippen LogP contribution in [0.1, 0.15) is 17.9 Å². The SMILES string of the molecule is O=P(C[C@H]1OCC[C@@H](c2cc(Cl)c(Cl)cc2O)[C@@H]1O)(c1ccccc1)c1ccccc1. The van der Waals surface area contributed by atoms with Crippen LogP contribution in [0.3, 0.4) is 0 Å². The van der Waals surface area contributed by atoms with Gasteiger partial charge in [-0.2, -0.15) is 0 Å². The molecule has 0 unspecified atom stereocenters. The van der Waals surface area contributed by atoms with Crippen LogP contribution in [0.15, 0.2) is 72.8 Å². The normalized spacial score (nSPS) is 21.7. The first-order valence-electron chi connectivity index (χ1n) is 10.1. The molecule has 162 valence electrons. The first-order valence-corrected chi connectivity index (χ1v) is 12.7. The summed E-state index contributed by atoms with van der Waals surface area (Å²) in [4.78, 5) is 0. The van der Waals surface area contributed by atoms with Gasteiger partial charge in [0.1, 0.15) is 12.9 Å². The molecule has 0 aromatic heterocycles. The number of hydrogen-bond donors (Lipinski definition) is 2. The summed E-state index contributed by atoms with van der Waals surface area (Å²) >= 11 is 12.2. The van der Waals surface area contributed by atoms with Gasteiger partial charge >= 0.3 is 0 Å². The number of aliphatic hydroxyl groups is 1. The highest BCUT2D eigenvalue weighted by Gasteiger charge is 2.40. The second-order valence-electron chi connectivity index (χ2n) is 7.71. The van der Waals surface area contributed by atoms with E-state index in [1.165, 1.54) is 6.07 Å². The fraction of sp³-hybridized carbons (Fsp3) is 0.250. The van der Waals surface area contributed by atoms with Crippen molar-refractivity contribution in [3.8, 4) is 5.75 Å². The zero-order valence-corrected chi connectivity index (χ0v) is 19.1. The largest absolute Gasteiger partial charge is 0.508 e. The number of rotatable bonds is 5. The molecule has 0 bridgehead atoms. The Bertz CT molecular complexity index is 1050. The third-order valence-electron chi connectivity index (χ3n) is 5.81. The van der Waals surface area contributed by atoms with E-state index < -0.39 is 25.3 Å². The lowest BCUT2D eigenvalue weighted by Crippen LogP contribution is -2.43. The molecule has 3 atom stereocenters. The van der Waals surface area contributed by atoms with Crippen molar-refractivity contribution in [3.05, 3.63) is 88.4 Å². The van der Waals surface area contributed by atoms with Gasteiger partial charge in [-0.1, -0.05) is 83.9 Å². The van der Waals surface area contributed by atoms with Crippen molar-refractivity contribution >= 4 is 41.0 Å². The van der Waals surface area contributed by atoms with Gasteiger partial charge in [-0.25, -0.2) is 0 Å². The van der Waals surface area contributed by atoms with Crippen LogP contribution in [0, 0.1) is 0 Å². The van der Waals surface area contributed by atoms with Gasteiger partial charge in [0.15, 0.2) is 0 Å². The molecule has 0 amide bonds. The summed E-state index contributed by atoms with van der Waals surface area (Å²) in [6.07, 6.45) is -0.971. The zero-order valence-electron chi connectivity index (χ0n) is 16.7. The molecule has 31 heavy (non-hydrogen) atoms. The van der Waals surface area contributed by atoms with Gasteiger partial charge in [-0.3, -0.25) is 0 Å². The fourth-order valence-corrected chi connectivity index (χ4v) is 7.36. The van der Waals surface area contributed by atoms with E-state index in [0.717, 1.165) is 10.6 Å². The minimum Gasteiger partial charge on any atom is -0.508 e. The number of aromatic hydroxyl groups is 1. The van der Waals surface area contributed by atoms with Gasteiger partial charge in [-0.05, 0) is 12.5 Å². The predicted octanol–water partition coefficient (Wildman–Crippen LogP) is 4.95. The number of phenolic OH excluding ortho intramolecular Hbond substituents is 1. The molecular formula is C24H23Cl2O4P. The summed E-state index contributed by atoms with van der Waals surface area (Å²) in [7, 11) is -3.07. The van der Waals surface area contributed by atoms with Crippen molar-refractivity contribution in [2.45, 2.75) is 24.5 Å². The molecule has 3 aromatic carbocycles. The fourth-order valence-electron chi connectivity index (χ4n) is 4.17. The van der Waals surface area contributed by atoms with E-state index in [0.29, 0.717) is 23.6 Å². The van der Waals surface area contributed by atoms with Crippen molar-refractivity contribution in [1.29, 1.82) is 0 Å². The van der Waals surface area contributed by atoms with Crippen LogP contribution in [0.2, 0.25) is 10.0 Å². The lowest BCUT2D eigenvalue weighted by Gasteiger charge is -2.37. The van der Waals surface area contributed by atoms with Crippen LogP contribution in [0.5, 0.6) is 5.75 Å². The van der Waals surface area contributed by atoms with Crippen molar-refractivity contribution in [2.24, 2.45) is 0 Å². The van der Waals surface area contributed by atoms with Crippen LogP contribution >= 0.6 is 30.3 Å². The minimum absolute atomic E-state index is 0.0200. The molecule has 3 aromatic rings. The summed E-state index contributed by atoms with van der Waals surface area (Å²) in [6.45, 7) is 0.371. The topological polar surface area (TPSA) is 66.8 Å². The molecule has 0 spiro atoms. The quantitative estimate of drug-likeness (QED) is 0.511. The number of phenols is 1. The highest BCUT2D eigenvalue weighted by Crippen LogP contribution is 2.47. The monoisotopic (exact) mass is 476 g/mol. The van der Waals surface area contributed by atoms with Crippen molar-refractivity contribution in [2.75, 3.05) is 12.8 Å². The van der Waals surface area contributed by atoms with E-state index in [9.17, 15) is 14.8 Å². The predicted molar refractivity (Wildman–Crippen MR) is 126 cm³/mol. The third kappa shape index (κ3) is 4.55. The van der Waals surface area contributed by atoms with Crippen LogP contribution in [0.4, 0.5) is 0 Å². The Kier molecular flexibility index (Phi) is 6.76. The Hall–Kier alpha value is -1.81. The van der Waals surface area contributed by atoms with Crippen molar-refractivity contribution in [3.63, 3.8) is 0 Å². The molecule has 1 aliphatic rings. The average molecular weight is 477 g/mol. The number of ether oxygens (including phenoxy) is 1. The van der Waals surface area contributed by atoms with E-state index in [1.807, 2.05) is 60.7 Å². The molecule has 4 rings (SSSR count). The molecule has 4 nitrogen and oxygen atoms in total. The molecule has 1 fully saturated rings. The van der Waals surface area contributed by atoms with E-state index >= 15 is 0 Å². The molecule has 1 aliphatic heterocycles.